The summed E-state index contributed by atoms with van der Waals surface area (Å²) in [6.07, 6.45) is 20.8. The summed E-state index contributed by atoms with van der Waals surface area (Å²) in [5, 5.41) is 11.0. The Hall–Kier alpha value is -8.25. The Morgan fingerprint density at radius 2 is 1.07 bits per heavy atom. The predicted octanol–water partition coefficient (Wildman–Crippen LogP) is 15.4. The molecule has 0 bridgehead atoms. The van der Waals surface area contributed by atoms with Crippen LogP contribution in [0.1, 0.15) is 38.5 Å². The van der Waals surface area contributed by atoms with Gasteiger partial charge < -0.3 is 14.0 Å². The zero-order valence-corrected chi connectivity index (χ0v) is 42.0. The standard InChI is InChI=1S/C67H56N4Si/c1-46-17-16-23-57(41-46)72(55-21-8-5-9-22-55,66-28-15-10-18-47(66)2)56-37-33-49(34-38-56)48-29-31-50(32-30-48)53-44-68-67(69(3)45-53)71-63-27-14-12-25-59(63)61-43-52(36-40-65(61)71)51-35-39-64-60(42-51)58-24-11-13-26-62(58)70(64)54-19-6-4-7-20-54/h4-16,19-47,67H,17-18H2,1-3H3. The fourth-order valence-corrected chi connectivity index (χ4v) is 17.7. The van der Waals surface area contributed by atoms with E-state index in [1.807, 2.05) is 0 Å². The minimum atomic E-state index is -2.56. The number of hydrogen-bond acceptors (Lipinski definition) is 2. The summed E-state index contributed by atoms with van der Waals surface area (Å²) in [7, 11) is -0.411. The average Bonchev–Trinajstić information content (AvgIpc) is 3.94. The quantitative estimate of drug-likeness (QED) is 0.132. The SMILES string of the molecule is CC1C=C([Si](C2=CC=CCC2C)(c2ccccc2)c2ccc(-c3ccc(C4=CN(C)C(n5c6ccccc6c6cc(-c7ccc8c(c7)c7ccccc7n8-c7ccccc7)ccc65)N=C4)cc3)cc2)C=CC1. The van der Waals surface area contributed by atoms with Gasteiger partial charge in [0.15, 0.2) is 8.07 Å². The number of hydrogen-bond donors (Lipinski definition) is 0. The second-order valence-electron chi connectivity index (χ2n) is 20.1. The first-order chi connectivity index (χ1) is 35.4. The molecular weight excluding hydrogens is 889 g/mol. The van der Waals surface area contributed by atoms with Gasteiger partial charge in [-0.05, 0) is 117 Å². The fourth-order valence-electron chi connectivity index (χ4n) is 12.2. The molecule has 2 aliphatic carbocycles. The van der Waals surface area contributed by atoms with E-state index in [0.717, 1.165) is 29.5 Å². The van der Waals surface area contributed by atoms with E-state index in [-0.39, 0.29) is 6.29 Å². The second-order valence-corrected chi connectivity index (χ2v) is 23.9. The van der Waals surface area contributed by atoms with Gasteiger partial charge in [0.25, 0.3) is 0 Å². The number of nitrogens with zero attached hydrogens (tertiary/aromatic N) is 4. The highest BCUT2D eigenvalue weighted by atomic mass is 28.3. The highest BCUT2D eigenvalue weighted by molar-refractivity contribution is 7.12. The van der Waals surface area contributed by atoms with E-state index in [2.05, 4.69) is 278 Å². The van der Waals surface area contributed by atoms with Gasteiger partial charge in [0, 0.05) is 52.3 Å². The molecule has 5 heteroatoms. The third-order valence-corrected chi connectivity index (χ3v) is 20.8. The molecule has 348 valence electrons. The van der Waals surface area contributed by atoms with E-state index in [1.165, 1.54) is 81.6 Å². The molecule has 4 atom stereocenters. The van der Waals surface area contributed by atoms with Crippen LogP contribution in [-0.2, 0) is 0 Å². The maximum Gasteiger partial charge on any atom is 0.202 e. The summed E-state index contributed by atoms with van der Waals surface area (Å²) in [5.74, 6) is 0.984. The monoisotopic (exact) mass is 944 g/mol. The Morgan fingerprint density at radius 3 is 1.76 bits per heavy atom. The molecule has 72 heavy (non-hydrogen) atoms. The van der Waals surface area contributed by atoms with Crippen LogP contribution in [0.3, 0.4) is 0 Å². The Kier molecular flexibility index (Phi) is 10.8. The summed E-state index contributed by atoms with van der Waals surface area (Å²) < 4.78 is 4.77. The molecule has 13 rings (SSSR count). The maximum absolute atomic E-state index is 5.29. The minimum Gasteiger partial charge on any atom is -0.341 e. The first-order valence-electron chi connectivity index (χ1n) is 25.6. The molecular formula is C67H56N4Si. The zero-order chi connectivity index (χ0) is 48.3. The summed E-state index contributed by atoms with van der Waals surface area (Å²) in [5.41, 5.74) is 13.0. The van der Waals surface area contributed by atoms with Crippen molar-refractivity contribution < 1.29 is 0 Å². The van der Waals surface area contributed by atoms with E-state index >= 15 is 0 Å². The van der Waals surface area contributed by atoms with Gasteiger partial charge in [-0.1, -0.05) is 201 Å². The Morgan fingerprint density at radius 1 is 0.514 bits per heavy atom. The molecule has 4 nitrogen and oxygen atoms in total. The van der Waals surface area contributed by atoms with E-state index in [0.29, 0.717) is 11.8 Å². The van der Waals surface area contributed by atoms with E-state index < -0.39 is 8.07 Å². The highest BCUT2D eigenvalue weighted by Crippen LogP contribution is 2.41. The van der Waals surface area contributed by atoms with Crippen LogP contribution in [0.2, 0.25) is 0 Å². The van der Waals surface area contributed by atoms with Gasteiger partial charge in [-0.2, -0.15) is 0 Å². The van der Waals surface area contributed by atoms with Crippen LogP contribution in [0.5, 0.6) is 0 Å². The van der Waals surface area contributed by atoms with Crippen LogP contribution in [0.4, 0.5) is 0 Å². The van der Waals surface area contributed by atoms with Crippen LogP contribution >= 0.6 is 0 Å². The lowest BCUT2D eigenvalue weighted by Crippen LogP contribution is -2.63. The van der Waals surface area contributed by atoms with Crippen LogP contribution in [0.15, 0.2) is 252 Å². The van der Waals surface area contributed by atoms with Gasteiger partial charge in [0.2, 0.25) is 6.29 Å². The van der Waals surface area contributed by atoms with Gasteiger partial charge in [-0.25, -0.2) is 4.99 Å². The maximum atomic E-state index is 5.29. The van der Waals surface area contributed by atoms with Crippen molar-refractivity contribution in [3.05, 3.63) is 253 Å². The first kappa shape index (κ1) is 43.7. The van der Waals surface area contributed by atoms with Crippen molar-refractivity contribution in [2.24, 2.45) is 16.8 Å². The predicted molar refractivity (Wildman–Crippen MR) is 308 cm³/mol. The molecule has 0 radical (unpaired) electrons. The molecule has 2 aromatic heterocycles. The highest BCUT2D eigenvalue weighted by Gasteiger charge is 2.46. The smallest absolute Gasteiger partial charge is 0.202 e. The van der Waals surface area contributed by atoms with Gasteiger partial charge in [-0.15, -0.1) is 0 Å². The van der Waals surface area contributed by atoms with Crippen molar-refractivity contribution >= 4 is 73.8 Å². The summed E-state index contributed by atoms with van der Waals surface area (Å²) in [4.78, 5) is 7.53. The summed E-state index contributed by atoms with van der Waals surface area (Å²) in [6, 6.07) is 72.0. The lowest BCUT2D eigenvalue weighted by Gasteiger charge is -2.41. The average molecular weight is 945 g/mol. The van der Waals surface area contributed by atoms with E-state index in [9.17, 15) is 0 Å². The number of allylic oxidation sites excluding steroid dienone is 9. The van der Waals surface area contributed by atoms with E-state index in [1.54, 1.807) is 5.20 Å². The Bertz CT molecular complexity index is 3900. The molecule has 0 amide bonds. The first-order valence-corrected chi connectivity index (χ1v) is 27.6. The molecule has 3 heterocycles. The number of rotatable bonds is 9. The number of fused-ring (bicyclic) bond motifs is 6. The molecule has 8 aromatic carbocycles. The molecule has 0 saturated heterocycles. The van der Waals surface area contributed by atoms with Gasteiger partial charge in [-0.3, -0.25) is 0 Å². The Balaban J connectivity index is 0.797. The third kappa shape index (κ3) is 7.21. The Labute approximate surface area is 423 Å². The number of aliphatic imine (C=N–C) groups is 1. The molecule has 4 unspecified atom stereocenters. The van der Waals surface area contributed by atoms with Gasteiger partial charge in [0.05, 0.1) is 22.1 Å². The van der Waals surface area contributed by atoms with Crippen LogP contribution in [0, 0.1) is 11.8 Å². The van der Waals surface area contributed by atoms with Crippen molar-refractivity contribution in [2.45, 2.75) is 33.0 Å². The lowest BCUT2D eigenvalue weighted by molar-refractivity contribution is 0.268. The van der Waals surface area contributed by atoms with Crippen molar-refractivity contribution in [3.63, 3.8) is 0 Å². The molecule has 3 aliphatic rings. The van der Waals surface area contributed by atoms with Crippen molar-refractivity contribution in [2.75, 3.05) is 7.05 Å². The normalized spacial score (nSPS) is 18.7. The van der Waals surface area contributed by atoms with Gasteiger partial charge >= 0.3 is 0 Å². The zero-order valence-electron chi connectivity index (χ0n) is 41.0. The number of aromatic nitrogens is 2. The number of para-hydroxylation sites is 3. The van der Waals surface area contributed by atoms with Crippen molar-refractivity contribution in [3.8, 4) is 27.9 Å². The van der Waals surface area contributed by atoms with Crippen LogP contribution in [0.25, 0.3) is 77.1 Å². The third-order valence-electron chi connectivity index (χ3n) is 15.7. The van der Waals surface area contributed by atoms with Crippen molar-refractivity contribution in [1.29, 1.82) is 0 Å². The van der Waals surface area contributed by atoms with Crippen LogP contribution in [-0.4, -0.2) is 35.4 Å². The fraction of sp³-hybridized carbons (Fsp3) is 0.119. The number of benzene rings is 8. The molecule has 0 saturated carbocycles. The molecule has 10 aromatic rings. The second kappa shape index (κ2) is 17.9. The summed E-state index contributed by atoms with van der Waals surface area (Å²) in [6.45, 7) is 4.78. The molecule has 0 spiro atoms. The molecule has 0 fully saturated rings. The lowest BCUT2D eigenvalue weighted by atomic mass is 10.0. The minimum absolute atomic E-state index is 0.238. The molecule has 1 aliphatic heterocycles. The van der Waals surface area contributed by atoms with Gasteiger partial charge in [0.1, 0.15) is 0 Å². The topological polar surface area (TPSA) is 25.5 Å². The van der Waals surface area contributed by atoms with Crippen molar-refractivity contribution in [1.82, 2.24) is 14.0 Å². The van der Waals surface area contributed by atoms with E-state index in [4.69, 9.17) is 4.99 Å². The molecule has 0 N–H and O–H groups in total. The van der Waals surface area contributed by atoms with Crippen LogP contribution < -0.4 is 10.4 Å². The summed E-state index contributed by atoms with van der Waals surface area (Å²) >= 11 is 0. The largest absolute Gasteiger partial charge is 0.341 e.